The van der Waals surface area contributed by atoms with E-state index >= 15 is 0 Å². The lowest BCUT2D eigenvalue weighted by atomic mass is 9.88. The van der Waals surface area contributed by atoms with Crippen molar-refractivity contribution in [3.8, 4) is 0 Å². The molecule has 1 aliphatic heterocycles. The molecule has 0 spiro atoms. The van der Waals surface area contributed by atoms with Crippen molar-refractivity contribution in [3.63, 3.8) is 0 Å². The van der Waals surface area contributed by atoms with E-state index in [9.17, 15) is 9.59 Å². The van der Waals surface area contributed by atoms with E-state index in [-0.39, 0.29) is 17.5 Å². The lowest BCUT2D eigenvalue weighted by molar-refractivity contribution is 0.0772. The molecule has 0 saturated carbocycles. The van der Waals surface area contributed by atoms with E-state index in [1.807, 2.05) is 85.5 Å². The maximum absolute atomic E-state index is 13.0. The molecule has 1 aromatic heterocycles. The number of carbonyl (C=O) groups is 2. The van der Waals surface area contributed by atoms with E-state index in [1.165, 1.54) is 11.8 Å². The molecule has 0 unspecified atom stereocenters. The predicted molar refractivity (Wildman–Crippen MR) is 156 cm³/mol. The minimum Gasteiger partial charge on any atom is -0.339 e. The van der Waals surface area contributed by atoms with Crippen molar-refractivity contribution in [1.29, 1.82) is 0 Å². The number of rotatable bonds is 7. The monoisotopic (exact) mass is 519 g/mol. The topological polar surface area (TPSA) is 87.2 Å². The highest BCUT2D eigenvalue weighted by atomic mass is 16.2. The molecule has 39 heavy (non-hydrogen) atoms. The highest BCUT2D eigenvalue weighted by molar-refractivity contribution is 6.04. The van der Waals surface area contributed by atoms with E-state index < -0.39 is 0 Å². The molecule has 5 rings (SSSR count). The third-order valence-corrected chi connectivity index (χ3v) is 7.12. The van der Waals surface area contributed by atoms with Gasteiger partial charge in [-0.05, 0) is 92.9 Å². The number of nitrogens with one attached hydrogen (secondary N) is 2. The number of amides is 2. The number of carbonyl (C=O) groups excluding carboxylic acids is 2. The number of hydrogen-bond donors (Lipinski definition) is 2. The van der Waals surface area contributed by atoms with Crippen LogP contribution in [0, 0.1) is 0 Å². The average Bonchev–Trinajstić information content (AvgIpc) is 2.99. The van der Waals surface area contributed by atoms with Crippen molar-refractivity contribution in [2.45, 2.75) is 26.7 Å². The smallest absolute Gasteiger partial charge is 0.275 e. The van der Waals surface area contributed by atoms with Crippen LogP contribution in [0.5, 0.6) is 0 Å². The molecule has 198 valence electrons. The van der Waals surface area contributed by atoms with Crippen LogP contribution < -0.4 is 10.6 Å². The predicted octanol–water partition coefficient (Wildman–Crippen LogP) is 5.55. The van der Waals surface area contributed by atoms with Gasteiger partial charge in [-0.1, -0.05) is 42.0 Å². The molecule has 1 fully saturated rings. The van der Waals surface area contributed by atoms with Gasteiger partial charge in [-0.25, -0.2) is 4.98 Å². The summed E-state index contributed by atoms with van der Waals surface area (Å²) in [5.74, 6) is -0.259. The molecule has 3 aromatic carbocycles. The first kappa shape index (κ1) is 26.3. The van der Waals surface area contributed by atoms with Gasteiger partial charge in [-0.3, -0.25) is 14.6 Å². The Morgan fingerprint density at radius 2 is 1.54 bits per heavy atom. The fraction of sp³-hybridized carbons (Fsp3) is 0.250. The van der Waals surface area contributed by atoms with Crippen molar-refractivity contribution in [1.82, 2.24) is 20.2 Å². The second-order valence-electron chi connectivity index (χ2n) is 9.56. The normalized spacial score (nSPS) is 13.2. The molecule has 2 amide bonds. The van der Waals surface area contributed by atoms with Gasteiger partial charge in [0.15, 0.2) is 0 Å². The molecular formula is C32H33N5O2. The number of benzene rings is 3. The molecule has 2 heterocycles. The zero-order chi connectivity index (χ0) is 27.2. The third kappa shape index (κ3) is 5.89. The molecule has 4 aromatic rings. The van der Waals surface area contributed by atoms with Crippen LogP contribution in [0.25, 0.3) is 16.6 Å². The van der Waals surface area contributed by atoms with Gasteiger partial charge < -0.3 is 15.5 Å². The highest BCUT2D eigenvalue weighted by Crippen LogP contribution is 2.33. The van der Waals surface area contributed by atoms with Crippen molar-refractivity contribution in [2.24, 2.45) is 0 Å². The molecule has 0 radical (unpaired) electrons. The first-order valence-electron chi connectivity index (χ1n) is 13.5. The molecule has 0 bridgehead atoms. The summed E-state index contributed by atoms with van der Waals surface area (Å²) in [5.41, 5.74) is 7.68. The second kappa shape index (κ2) is 12.0. The van der Waals surface area contributed by atoms with E-state index in [2.05, 4.69) is 26.7 Å². The molecule has 0 atom stereocenters. The maximum Gasteiger partial charge on any atom is 0.275 e. The van der Waals surface area contributed by atoms with Gasteiger partial charge in [0.2, 0.25) is 0 Å². The Hall–Kier alpha value is -4.36. The van der Waals surface area contributed by atoms with Crippen LogP contribution in [0.2, 0.25) is 0 Å². The highest BCUT2D eigenvalue weighted by Gasteiger charge is 2.18. The van der Waals surface area contributed by atoms with Crippen LogP contribution in [0.4, 0.5) is 5.69 Å². The number of para-hydroxylation sites is 2. The zero-order valence-electron chi connectivity index (χ0n) is 22.4. The van der Waals surface area contributed by atoms with Crippen LogP contribution in [0.3, 0.4) is 0 Å². The fourth-order valence-electron chi connectivity index (χ4n) is 5.04. The standard InChI is InChI=1S/C32H33N5O2/c1-3-37(4-2)32(39)24-14-12-22(13-15-24)30(23-16-18-33-19-17-23)25-8-7-9-26(20-25)35-31(38)29-21-34-27-10-5-6-11-28(27)36-29/h5-15,20-21,33H,3-4,16-19H2,1-2H3,(H,35,38). The SMILES string of the molecule is CCN(CC)C(=O)c1ccc(C(=C2CCNCC2)c2cccc(NC(=O)c3cnc4ccccc4n3)c2)cc1. The number of aromatic nitrogens is 2. The van der Waals surface area contributed by atoms with Crippen LogP contribution in [0.1, 0.15) is 58.7 Å². The molecule has 7 heteroatoms. The van der Waals surface area contributed by atoms with Gasteiger partial charge in [0.25, 0.3) is 11.8 Å². The van der Waals surface area contributed by atoms with E-state index in [0.717, 1.165) is 48.1 Å². The number of nitrogens with zero attached hydrogens (tertiary/aromatic N) is 3. The maximum atomic E-state index is 13.0. The third-order valence-electron chi connectivity index (χ3n) is 7.12. The van der Waals surface area contributed by atoms with Crippen LogP contribution >= 0.6 is 0 Å². The number of piperidine rings is 1. The lowest BCUT2D eigenvalue weighted by Gasteiger charge is -2.22. The lowest BCUT2D eigenvalue weighted by Crippen LogP contribution is -2.30. The molecule has 0 aliphatic carbocycles. The van der Waals surface area contributed by atoms with Gasteiger partial charge in [-0.15, -0.1) is 0 Å². The summed E-state index contributed by atoms with van der Waals surface area (Å²) in [6, 6.07) is 23.3. The summed E-state index contributed by atoms with van der Waals surface area (Å²) in [5, 5.41) is 6.43. The Morgan fingerprint density at radius 1 is 0.846 bits per heavy atom. The molecule has 7 nitrogen and oxygen atoms in total. The van der Waals surface area contributed by atoms with Crippen LogP contribution in [0.15, 0.2) is 84.6 Å². The molecule has 2 N–H and O–H groups in total. The van der Waals surface area contributed by atoms with Crippen molar-refractivity contribution in [3.05, 3.63) is 107 Å². The summed E-state index contributed by atoms with van der Waals surface area (Å²) in [6.45, 7) is 7.20. The Balaban J connectivity index is 1.45. The number of hydrogen-bond acceptors (Lipinski definition) is 5. The van der Waals surface area contributed by atoms with E-state index in [0.29, 0.717) is 29.9 Å². The summed E-state index contributed by atoms with van der Waals surface area (Å²) in [6.07, 6.45) is 3.39. The minimum atomic E-state index is -0.305. The minimum absolute atomic E-state index is 0.0455. The van der Waals surface area contributed by atoms with Gasteiger partial charge in [0.05, 0.1) is 17.2 Å². The van der Waals surface area contributed by atoms with Gasteiger partial charge >= 0.3 is 0 Å². The van der Waals surface area contributed by atoms with E-state index in [4.69, 9.17) is 0 Å². The molecular weight excluding hydrogens is 486 g/mol. The Labute approximate surface area is 229 Å². The van der Waals surface area contributed by atoms with Crippen molar-refractivity contribution >= 4 is 34.1 Å². The zero-order valence-corrected chi connectivity index (χ0v) is 22.4. The Bertz CT molecular complexity index is 1520. The second-order valence-corrected chi connectivity index (χ2v) is 9.56. The summed E-state index contributed by atoms with van der Waals surface area (Å²) >= 11 is 0. The number of fused-ring (bicyclic) bond motifs is 1. The van der Waals surface area contributed by atoms with E-state index in [1.54, 1.807) is 0 Å². The van der Waals surface area contributed by atoms with Crippen molar-refractivity contribution in [2.75, 3.05) is 31.5 Å². The molecule has 1 aliphatic rings. The quantitative estimate of drug-likeness (QED) is 0.334. The number of anilines is 1. The van der Waals surface area contributed by atoms with Gasteiger partial charge in [-0.2, -0.15) is 0 Å². The fourth-order valence-corrected chi connectivity index (χ4v) is 5.04. The first-order valence-corrected chi connectivity index (χ1v) is 13.5. The average molecular weight is 520 g/mol. The summed E-state index contributed by atoms with van der Waals surface area (Å²) < 4.78 is 0. The first-order chi connectivity index (χ1) is 19.1. The van der Waals surface area contributed by atoms with Gasteiger partial charge in [0.1, 0.15) is 5.69 Å². The van der Waals surface area contributed by atoms with Gasteiger partial charge in [0, 0.05) is 24.3 Å². The Kier molecular flexibility index (Phi) is 8.08. The summed E-state index contributed by atoms with van der Waals surface area (Å²) in [7, 11) is 0. The Morgan fingerprint density at radius 3 is 2.26 bits per heavy atom. The largest absolute Gasteiger partial charge is 0.339 e. The summed E-state index contributed by atoms with van der Waals surface area (Å²) in [4.78, 5) is 36.6. The van der Waals surface area contributed by atoms with Crippen molar-refractivity contribution < 1.29 is 9.59 Å². The molecule has 1 saturated heterocycles. The van der Waals surface area contributed by atoms with Crippen LogP contribution in [-0.4, -0.2) is 52.9 Å². The van der Waals surface area contributed by atoms with Crippen LogP contribution in [-0.2, 0) is 0 Å².